The van der Waals surface area contributed by atoms with E-state index < -0.39 is 5.60 Å². The molecule has 1 saturated heterocycles. The van der Waals surface area contributed by atoms with Crippen molar-refractivity contribution in [3.63, 3.8) is 0 Å². The first-order valence-electron chi connectivity index (χ1n) is 10.1. The SMILES string of the molecule is CCCC(O)(CCC)/C(NC)=C1\CCCN(c2c(C)cc(C)cc2Cl)C1=N. The number of hydrogen-bond acceptors (Lipinski definition) is 3. The van der Waals surface area contributed by atoms with Gasteiger partial charge in [-0.2, -0.15) is 0 Å². The molecule has 0 saturated carbocycles. The fourth-order valence-corrected chi connectivity index (χ4v) is 4.81. The second kappa shape index (κ2) is 9.11. The Labute approximate surface area is 169 Å². The number of halogens is 1. The lowest BCUT2D eigenvalue weighted by Crippen LogP contribution is -2.44. The molecule has 5 heteroatoms. The maximum Gasteiger partial charge on any atom is 0.130 e. The summed E-state index contributed by atoms with van der Waals surface area (Å²) in [4.78, 5) is 2.01. The molecule has 1 heterocycles. The highest BCUT2D eigenvalue weighted by Gasteiger charge is 2.35. The molecule has 1 aromatic rings. The largest absolute Gasteiger partial charge is 0.389 e. The van der Waals surface area contributed by atoms with Gasteiger partial charge < -0.3 is 15.3 Å². The Balaban J connectivity index is 2.52. The molecule has 27 heavy (non-hydrogen) atoms. The summed E-state index contributed by atoms with van der Waals surface area (Å²) < 4.78 is 0. The summed E-state index contributed by atoms with van der Waals surface area (Å²) in [5, 5.41) is 24.2. The Bertz CT molecular complexity index is 697. The zero-order chi connectivity index (χ0) is 20.2. The van der Waals surface area contributed by atoms with Crippen molar-refractivity contribution in [1.29, 1.82) is 5.41 Å². The first-order chi connectivity index (χ1) is 12.8. The molecule has 0 amide bonds. The van der Waals surface area contributed by atoms with Crippen LogP contribution >= 0.6 is 11.6 Å². The van der Waals surface area contributed by atoms with Crippen LogP contribution in [0.25, 0.3) is 0 Å². The Morgan fingerprint density at radius 1 is 1.26 bits per heavy atom. The van der Waals surface area contributed by atoms with Crippen LogP contribution in [0.4, 0.5) is 5.69 Å². The molecule has 1 aliphatic rings. The number of nitrogens with zero attached hydrogens (tertiary/aromatic N) is 1. The van der Waals surface area contributed by atoms with Crippen LogP contribution < -0.4 is 10.2 Å². The summed E-state index contributed by atoms with van der Waals surface area (Å²) in [5.41, 5.74) is 3.92. The second-order valence-electron chi connectivity index (χ2n) is 7.65. The maximum atomic E-state index is 11.4. The molecular formula is C22H34ClN3O. The third kappa shape index (κ3) is 4.49. The summed E-state index contributed by atoms with van der Waals surface area (Å²) in [6, 6.07) is 4.06. The van der Waals surface area contributed by atoms with Crippen LogP contribution in [0.2, 0.25) is 5.02 Å². The van der Waals surface area contributed by atoms with Crippen molar-refractivity contribution >= 4 is 23.1 Å². The molecule has 150 valence electrons. The van der Waals surface area contributed by atoms with Crippen LogP contribution in [0.1, 0.15) is 63.5 Å². The van der Waals surface area contributed by atoms with Crippen LogP contribution in [0.3, 0.4) is 0 Å². The summed E-state index contributed by atoms with van der Waals surface area (Å²) in [6.45, 7) is 9.02. The lowest BCUT2D eigenvalue weighted by Gasteiger charge is -2.38. The zero-order valence-electron chi connectivity index (χ0n) is 17.4. The predicted molar refractivity (Wildman–Crippen MR) is 116 cm³/mol. The zero-order valence-corrected chi connectivity index (χ0v) is 18.1. The number of hydrogen-bond donors (Lipinski definition) is 3. The van der Waals surface area contributed by atoms with Gasteiger partial charge in [-0.3, -0.25) is 5.41 Å². The average Bonchev–Trinajstić information content (AvgIpc) is 2.58. The Morgan fingerprint density at radius 3 is 2.41 bits per heavy atom. The molecule has 1 aliphatic heterocycles. The minimum Gasteiger partial charge on any atom is -0.389 e. The second-order valence-corrected chi connectivity index (χ2v) is 8.06. The van der Waals surface area contributed by atoms with Crippen molar-refractivity contribution in [1.82, 2.24) is 5.32 Å². The highest BCUT2D eigenvalue weighted by atomic mass is 35.5. The van der Waals surface area contributed by atoms with Crippen molar-refractivity contribution in [3.05, 3.63) is 39.6 Å². The van der Waals surface area contributed by atoms with Gasteiger partial charge in [0.25, 0.3) is 0 Å². The van der Waals surface area contributed by atoms with Crippen molar-refractivity contribution in [2.24, 2.45) is 0 Å². The van der Waals surface area contributed by atoms with Gasteiger partial charge in [0.15, 0.2) is 0 Å². The van der Waals surface area contributed by atoms with E-state index in [4.69, 9.17) is 17.0 Å². The molecule has 0 aliphatic carbocycles. The van der Waals surface area contributed by atoms with Crippen LogP contribution in [0.5, 0.6) is 0 Å². The smallest absolute Gasteiger partial charge is 0.130 e. The highest BCUT2D eigenvalue weighted by molar-refractivity contribution is 6.34. The fraction of sp³-hybridized carbons (Fsp3) is 0.591. The van der Waals surface area contributed by atoms with E-state index in [-0.39, 0.29) is 0 Å². The maximum absolute atomic E-state index is 11.4. The van der Waals surface area contributed by atoms with Gasteiger partial charge in [0.1, 0.15) is 11.4 Å². The molecule has 4 nitrogen and oxygen atoms in total. The van der Waals surface area contributed by atoms with Gasteiger partial charge in [-0.1, -0.05) is 44.4 Å². The topological polar surface area (TPSA) is 59.4 Å². The number of likely N-dealkylation sites (N-methyl/N-ethyl adjacent to an activating group) is 1. The monoisotopic (exact) mass is 391 g/mol. The van der Waals surface area contributed by atoms with Gasteiger partial charge in [-0.25, -0.2) is 0 Å². The van der Waals surface area contributed by atoms with Gasteiger partial charge in [0.05, 0.1) is 10.7 Å². The number of rotatable bonds is 7. The van der Waals surface area contributed by atoms with Gasteiger partial charge >= 0.3 is 0 Å². The number of benzene rings is 1. The molecule has 3 N–H and O–H groups in total. The van der Waals surface area contributed by atoms with E-state index in [9.17, 15) is 5.11 Å². The molecule has 2 rings (SSSR count). The van der Waals surface area contributed by atoms with E-state index in [0.29, 0.717) is 23.7 Å². The number of amidine groups is 1. The standard InChI is InChI=1S/C22H34ClN3O/c1-6-10-22(27,11-7-2)20(25-5)17-9-8-12-26(21(17)24)19-16(4)13-15(3)14-18(19)23/h13-14,24-25,27H,6-12H2,1-5H3/b20-17-,24-21?. The van der Waals surface area contributed by atoms with Crippen molar-refractivity contribution in [3.8, 4) is 0 Å². The molecule has 0 radical (unpaired) electrons. The summed E-state index contributed by atoms with van der Waals surface area (Å²) in [5.74, 6) is 0.449. The molecule has 1 fully saturated rings. The number of aryl methyl sites for hydroxylation is 2. The lowest BCUT2D eigenvalue weighted by atomic mass is 9.84. The van der Waals surface area contributed by atoms with E-state index in [1.54, 1.807) is 0 Å². The Morgan fingerprint density at radius 2 is 1.89 bits per heavy atom. The van der Waals surface area contributed by atoms with E-state index in [2.05, 4.69) is 25.2 Å². The number of anilines is 1. The van der Waals surface area contributed by atoms with E-state index in [1.807, 2.05) is 31.9 Å². The van der Waals surface area contributed by atoms with Gasteiger partial charge in [0.2, 0.25) is 0 Å². The Hall–Kier alpha value is -1.52. The van der Waals surface area contributed by atoms with Crippen molar-refractivity contribution in [2.75, 3.05) is 18.5 Å². The molecule has 0 aromatic heterocycles. The van der Waals surface area contributed by atoms with Crippen LogP contribution in [-0.2, 0) is 0 Å². The summed E-state index contributed by atoms with van der Waals surface area (Å²) in [7, 11) is 1.86. The summed E-state index contributed by atoms with van der Waals surface area (Å²) in [6.07, 6.45) is 4.91. The van der Waals surface area contributed by atoms with Crippen LogP contribution in [0.15, 0.2) is 23.4 Å². The molecule has 0 atom stereocenters. The van der Waals surface area contributed by atoms with E-state index in [1.165, 1.54) is 0 Å². The molecule has 0 unspecified atom stereocenters. The molecule has 0 bridgehead atoms. The predicted octanol–water partition coefficient (Wildman–Crippen LogP) is 5.34. The normalized spacial score (nSPS) is 17.3. The van der Waals surface area contributed by atoms with E-state index in [0.717, 1.165) is 60.3 Å². The quantitative estimate of drug-likeness (QED) is 0.588. The molecular weight excluding hydrogens is 358 g/mol. The van der Waals surface area contributed by atoms with Crippen LogP contribution in [-0.4, -0.2) is 30.1 Å². The third-order valence-electron chi connectivity index (χ3n) is 5.38. The minimum atomic E-state index is -0.908. The molecule has 0 spiro atoms. The van der Waals surface area contributed by atoms with Crippen molar-refractivity contribution < 1.29 is 5.11 Å². The number of aliphatic hydroxyl groups is 1. The molecule has 1 aromatic carbocycles. The first-order valence-corrected chi connectivity index (χ1v) is 10.4. The minimum absolute atomic E-state index is 0.449. The van der Waals surface area contributed by atoms with E-state index >= 15 is 0 Å². The first kappa shape index (κ1) is 21.8. The lowest BCUT2D eigenvalue weighted by molar-refractivity contribution is 0.0514. The highest BCUT2D eigenvalue weighted by Crippen LogP contribution is 2.37. The fourth-order valence-electron chi connectivity index (χ4n) is 4.39. The van der Waals surface area contributed by atoms with Gasteiger partial charge in [0, 0.05) is 24.9 Å². The van der Waals surface area contributed by atoms with Crippen molar-refractivity contribution in [2.45, 2.75) is 71.8 Å². The Kier molecular flexibility index (Phi) is 7.35. The average molecular weight is 392 g/mol. The van der Waals surface area contributed by atoms with Gasteiger partial charge in [-0.05, 0) is 56.7 Å². The number of piperidine rings is 1. The summed E-state index contributed by atoms with van der Waals surface area (Å²) >= 11 is 6.56. The number of nitrogens with one attached hydrogen (secondary N) is 2. The third-order valence-corrected chi connectivity index (χ3v) is 5.66. The van der Waals surface area contributed by atoms with Gasteiger partial charge in [-0.15, -0.1) is 0 Å². The van der Waals surface area contributed by atoms with Crippen LogP contribution in [0, 0.1) is 19.3 Å².